The third-order valence-electron chi connectivity index (χ3n) is 2.43. The molecule has 90 valence electrons. The zero-order chi connectivity index (χ0) is 13.1. The highest BCUT2D eigenvalue weighted by Crippen LogP contribution is 2.24. The average Bonchev–Trinajstić information content (AvgIpc) is 2.36. The number of hydrogen-bond acceptors (Lipinski definition) is 2. The highest BCUT2D eigenvalue weighted by molar-refractivity contribution is 5.60. The van der Waals surface area contributed by atoms with Gasteiger partial charge < -0.3 is 0 Å². The Morgan fingerprint density at radius 2 is 1.94 bits per heavy atom. The molecule has 2 aromatic rings. The molecule has 0 aliphatic rings. The summed E-state index contributed by atoms with van der Waals surface area (Å²) >= 11 is 0. The Morgan fingerprint density at radius 3 is 2.67 bits per heavy atom. The van der Waals surface area contributed by atoms with Gasteiger partial charge in [-0.15, -0.1) is 0 Å². The second kappa shape index (κ2) is 4.88. The summed E-state index contributed by atoms with van der Waals surface area (Å²) in [7, 11) is 0. The molecule has 0 aliphatic heterocycles. The molecule has 0 aliphatic carbocycles. The molecular formula is C13H7F3N2. The van der Waals surface area contributed by atoms with E-state index in [2.05, 4.69) is 4.98 Å². The van der Waals surface area contributed by atoms with Crippen molar-refractivity contribution in [3.63, 3.8) is 0 Å². The Balaban J connectivity index is 2.55. The Hall–Kier alpha value is -2.35. The first-order valence-corrected chi connectivity index (χ1v) is 5.09. The molecule has 0 unspecified atom stereocenters. The van der Waals surface area contributed by atoms with Crippen LogP contribution in [0, 0.1) is 28.8 Å². The number of nitriles is 1. The molecule has 1 heterocycles. The molecule has 2 nitrogen and oxygen atoms in total. The van der Waals surface area contributed by atoms with Crippen molar-refractivity contribution in [3.8, 4) is 17.3 Å². The summed E-state index contributed by atoms with van der Waals surface area (Å²) in [6.45, 7) is 0. The molecule has 0 atom stereocenters. The maximum Gasteiger partial charge on any atom is 0.168 e. The number of hydrogen-bond donors (Lipinski definition) is 0. The first-order chi connectivity index (χ1) is 8.63. The number of benzene rings is 1. The van der Waals surface area contributed by atoms with Crippen molar-refractivity contribution >= 4 is 0 Å². The van der Waals surface area contributed by atoms with Crippen molar-refractivity contribution in [3.05, 3.63) is 53.5 Å². The van der Waals surface area contributed by atoms with E-state index < -0.39 is 17.5 Å². The quantitative estimate of drug-likeness (QED) is 0.818. The molecule has 0 radical (unpaired) electrons. The summed E-state index contributed by atoms with van der Waals surface area (Å²) in [5.41, 5.74) is 0.138. The Morgan fingerprint density at radius 1 is 1.17 bits per heavy atom. The van der Waals surface area contributed by atoms with Crippen LogP contribution >= 0.6 is 0 Å². The van der Waals surface area contributed by atoms with Gasteiger partial charge >= 0.3 is 0 Å². The molecule has 0 saturated heterocycles. The van der Waals surface area contributed by atoms with Crippen LogP contribution in [-0.2, 0) is 6.42 Å². The molecule has 0 N–H and O–H groups in total. The van der Waals surface area contributed by atoms with Gasteiger partial charge in [0.2, 0.25) is 0 Å². The maximum absolute atomic E-state index is 13.5. The highest BCUT2D eigenvalue weighted by atomic mass is 19.2. The lowest BCUT2D eigenvalue weighted by molar-refractivity contribution is 0.511. The molecule has 0 bridgehead atoms. The molecule has 0 amide bonds. The summed E-state index contributed by atoms with van der Waals surface area (Å²) in [6, 6.07) is 6.70. The van der Waals surface area contributed by atoms with Crippen molar-refractivity contribution in [2.24, 2.45) is 0 Å². The van der Waals surface area contributed by atoms with Gasteiger partial charge in [-0.2, -0.15) is 5.26 Å². The predicted octanol–water partition coefficient (Wildman–Crippen LogP) is 3.23. The monoisotopic (exact) mass is 248 g/mol. The van der Waals surface area contributed by atoms with E-state index in [1.165, 1.54) is 18.2 Å². The maximum atomic E-state index is 13.5. The number of halogens is 3. The molecule has 2 rings (SSSR count). The molecule has 1 aromatic carbocycles. The van der Waals surface area contributed by atoms with Crippen LogP contribution in [-0.4, -0.2) is 4.98 Å². The smallest absolute Gasteiger partial charge is 0.168 e. The zero-order valence-corrected chi connectivity index (χ0v) is 9.12. The van der Waals surface area contributed by atoms with Gasteiger partial charge in [0, 0.05) is 11.1 Å². The van der Waals surface area contributed by atoms with Crippen molar-refractivity contribution in [2.75, 3.05) is 0 Å². The van der Waals surface area contributed by atoms with E-state index >= 15 is 0 Å². The number of nitrogens with zero attached hydrogens (tertiary/aromatic N) is 2. The summed E-state index contributed by atoms with van der Waals surface area (Å²) in [5, 5.41) is 8.53. The van der Waals surface area contributed by atoms with E-state index in [0.717, 1.165) is 12.3 Å². The zero-order valence-electron chi connectivity index (χ0n) is 9.12. The van der Waals surface area contributed by atoms with Crippen LogP contribution in [0.5, 0.6) is 0 Å². The van der Waals surface area contributed by atoms with Crippen LogP contribution in [0.3, 0.4) is 0 Å². The van der Waals surface area contributed by atoms with Crippen LogP contribution in [0.25, 0.3) is 11.3 Å². The van der Waals surface area contributed by atoms with Gasteiger partial charge in [-0.05, 0) is 18.2 Å². The highest BCUT2D eigenvalue weighted by Gasteiger charge is 2.12. The lowest BCUT2D eigenvalue weighted by atomic mass is 10.1. The van der Waals surface area contributed by atoms with E-state index in [1.807, 2.05) is 0 Å². The molecule has 0 spiro atoms. The molecular weight excluding hydrogens is 241 g/mol. The normalized spacial score (nSPS) is 10.1. The minimum Gasteiger partial charge on any atom is -0.253 e. The SMILES string of the molecule is N#CCc1cc(-c2cccc(F)c2F)ncc1F. The molecule has 1 aromatic heterocycles. The second-order valence-electron chi connectivity index (χ2n) is 3.60. The van der Waals surface area contributed by atoms with Crippen LogP contribution in [0.2, 0.25) is 0 Å². The second-order valence-corrected chi connectivity index (χ2v) is 3.60. The molecule has 5 heteroatoms. The number of pyridine rings is 1. The Labute approximate surface area is 101 Å². The molecule has 0 saturated carbocycles. The lowest BCUT2D eigenvalue weighted by Crippen LogP contribution is -1.96. The lowest BCUT2D eigenvalue weighted by Gasteiger charge is -2.05. The first kappa shape index (κ1) is 12.1. The van der Waals surface area contributed by atoms with Gasteiger partial charge in [0.1, 0.15) is 5.82 Å². The van der Waals surface area contributed by atoms with Gasteiger partial charge in [-0.1, -0.05) is 6.07 Å². The summed E-state index contributed by atoms with van der Waals surface area (Å²) in [4.78, 5) is 3.70. The standard InChI is InChI=1S/C13H7F3N2/c14-10-3-1-2-9(13(10)16)12-6-8(4-5-17)11(15)7-18-12/h1-3,6-7H,4H2. The van der Waals surface area contributed by atoms with Gasteiger partial charge in [-0.25, -0.2) is 13.2 Å². The number of rotatable bonds is 2. The van der Waals surface area contributed by atoms with Crippen LogP contribution in [0.15, 0.2) is 30.5 Å². The van der Waals surface area contributed by atoms with Crippen molar-refractivity contribution in [2.45, 2.75) is 6.42 Å². The van der Waals surface area contributed by atoms with E-state index in [0.29, 0.717) is 0 Å². The van der Waals surface area contributed by atoms with E-state index in [-0.39, 0.29) is 23.2 Å². The third-order valence-corrected chi connectivity index (χ3v) is 2.43. The average molecular weight is 248 g/mol. The fourth-order valence-electron chi connectivity index (χ4n) is 1.55. The largest absolute Gasteiger partial charge is 0.253 e. The summed E-state index contributed by atoms with van der Waals surface area (Å²) in [6.07, 6.45) is 0.741. The van der Waals surface area contributed by atoms with Gasteiger partial charge in [0.15, 0.2) is 11.6 Å². The van der Waals surface area contributed by atoms with E-state index in [4.69, 9.17) is 5.26 Å². The number of aromatic nitrogens is 1. The van der Waals surface area contributed by atoms with Crippen LogP contribution < -0.4 is 0 Å². The summed E-state index contributed by atoms with van der Waals surface area (Å²) < 4.78 is 39.9. The minimum atomic E-state index is -1.04. The van der Waals surface area contributed by atoms with Gasteiger partial charge in [0.05, 0.1) is 24.4 Å². The third kappa shape index (κ3) is 2.18. The molecule has 0 fully saturated rings. The van der Waals surface area contributed by atoms with Crippen molar-refractivity contribution in [1.82, 2.24) is 4.98 Å². The van der Waals surface area contributed by atoms with Crippen molar-refractivity contribution in [1.29, 1.82) is 5.26 Å². The van der Waals surface area contributed by atoms with Crippen molar-refractivity contribution < 1.29 is 13.2 Å². The van der Waals surface area contributed by atoms with E-state index in [9.17, 15) is 13.2 Å². The summed E-state index contributed by atoms with van der Waals surface area (Å²) in [5.74, 6) is -2.68. The fraction of sp³-hybridized carbons (Fsp3) is 0.0769. The van der Waals surface area contributed by atoms with Crippen LogP contribution in [0.4, 0.5) is 13.2 Å². The minimum absolute atomic E-state index is 0.0609. The van der Waals surface area contributed by atoms with Gasteiger partial charge in [0.25, 0.3) is 0 Å². The Kier molecular flexibility index (Phi) is 3.28. The van der Waals surface area contributed by atoms with Crippen LogP contribution in [0.1, 0.15) is 5.56 Å². The Bertz CT molecular complexity index is 633. The predicted molar refractivity (Wildman–Crippen MR) is 58.9 cm³/mol. The topological polar surface area (TPSA) is 36.7 Å². The first-order valence-electron chi connectivity index (χ1n) is 5.09. The fourth-order valence-corrected chi connectivity index (χ4v) is 1.55. The van der Waals surface area contributed by atoms with E-state index in [1.54, 1.807) is 6.07 Å². The molecule has 18 heavy (non-hydrogen) atoms. The van der Waals surface area contributed by atoms with Gasteiger partial charge in [-0.3, -0.25) is 4.98 Å².